The van der Waals surface area contributed by atoms with Crippen molar-refractivity contribution in [2.24, 2.45) is 5.73 Å². The first-order valence-corrected chi connectivity index (χ1v) is 8.90. The normalized spacial score (nSPS) is 13.4. The molecule has 1 unspecified atom stereocenters. The molecular formula is C19H25NO10. The van der Waals surface area contributed by atoms with Gasteiger partial charge in [-0.15, -0.1) is 0 Å². The Bertz CT molecular complexity index is 794. The molecule has 30 heavy (non-hydrogen) atoms. The number of benzene rings is 1. The Balaban J connectivity index is 3.15. The number of carbonyl (C=O) groups excluding carboxylic acids is 3. The minimum absolute atomic E-state index is 0.144. The lowest BCUT2D eigenvalue weighted by molar-refractivity contribution is -0.153. The summed E-state index contributed by atoms with van der Waals surface area (Å²) in [6.07, 6.45) is -3.10. The fraction of sp³-hybridized carbons (Fsp3) is 0.474. The highest BCUT2D eigenvalue weighted by Gasteiger charge is 2.37. The molecule has 2 atom stereocenters. The summed E-state index contributed by atoms with van der Waals surface area (Å²) in [7, 11) is 2.18. The molecule has 0 amide bonds. The molecule has 0 aliphatic heterocycles. The van der Waals surface area contributed by atoms with E-state index in [1.54, 1.807) is 6.92 Å². The molecule has 0 radical (unpaired) electrons. The molecule has 1 aromatic rings. The molecule has 166 valence electrons. The number of esters is 1. The molecule has 0 spiro atoms. The van der Waals surface area contributed by atoms with Gasteiger partial charge in [-0.1, -0.05) is 13.0 Å². The van der Waals surface area contributed by atoms with Crippen LogP contribution in [-0.4, -0.2) is 55.2 Å². The third-order valence-electron chi connectivity index (χ3n) is 3.95. The summed E-state index contributed by atoms with van der Waals surface area (Å²) in [6, 6.07) is 4.01. The molecule has 3 N–H and O–H groups in total. The number of rotatable bonds is 9. The highest BCUT2D eigenvalue weighted by atomic mass is 16.7. The molecule has 0 bridgehead atoms. The van der Waals surface area contributed by atoms with E-state index in [1.807, 2.05) is 0 Å². The second kappa shape index (κ2) is 11.0. The number of hydrogen-bond donors (Lipinski definition) is 2. The lowest BCUT2D eigenvalue weighted by atomic mass is 9.86. The van der Waals surface area contributed by atoms with E-state index in [0.717, 1.165) is 14.2 Å². The lowest BCUT2D eigenvalue weighted by Crippen LogP contribution is -2.52. The summed E-state index contributed by atoms with van der Waals surface area (Å²) < 4.78 is 23.8. The Kier molecular flexibility index (Phi) is 9.06. The second-order valence-electron chi connectivity index (χ2n) is 6.39. The zero-order chi connectivity index (χ0) is 22.9. The number of nitrogens with two attached hydrogens (primary N) is 1. The fourth-order valence-electron chi connectivity index (χ4n) is 2.55. The maximum Gasteiger partial charge on any atom is 0.513 e. The zero-order valence-electron chi connectivity index (χ0n) is 17.1. The minimum Gasteiger partial charge on any atom is -0.480 e. The smallest absolute Gasteiger partial charge is 0.480 e. The summed E-state index contributed by atoms with van der Waals surface area (Å²) >= 11 is 0. The van der Waals surface area contributed by atoms with Gasteiger partial charge >= 0.3 is 24.2 Å². The van der Waals surface area contributed by atoms with E-state index in [2.05, 4.69) is 9.47 Å². The largest absolute Gasteiger partial charge is 0.513 e. The number of carboxylic acid groups (broad SMARTS) is 1. The molecule has 0 aliphatic carbocycles. The van der Waals surface area contributed by atoms with Crippen molar-refractivity contribution in [3.8, 4) is 11.5 Å². The molecule has 0 saturated carbocycles. The van der Waals surface area contributed by atoms with Crippen LogP contribution in [-0.2, 0) is 30.2 Å². The van der Waals surface area contributed by atoms with Crippen molar-refractivity contribution >= 4 is 24.2 Å². The van der Waals surface area contributed by atoms with Crippen LogP contribution in [0.3, 0.4) is 0 Å². The van der Waals surface area contributed by atoms with Crippen LogP contribution >= 0.6 is 0 Å². The standard InChI is InChI=1S/C19H25NO10/c1-5-15(21)28-11(2)9-19(20,16(22)23)10-12-6-7-13(29-17(24)26-3)14(8-12)30-18(25)27-4/h6-8,11H,5,9-10,20H2,1-4H3,(H,22,23)/t11-,19?/m0/s1. The predicted molar refractivity (Wildman–Crippen MR) is 101 cm³/mol. The minimum atomic E-state index is -1.79. The van der Waals surface area contributed by atoms with Crippen LogP contribution in [0.1, 0.15) is 32.3 Å². The van der Waals surface area contributed by atoms with Crippen LogP contribution in [0.2, 0.25) is 0 Å². The van der Waals surface area contributed by atoms with Crippen LogP contribution in [0.25, 0.3) is 0 Å². The first-order valence-electron chi connectivity index (χ1n) is 8.90. The van der Waals surface area contributed by atoms with E-state index in [0.29, 0.717) is 5.56 Å². The summed E-state index contributed by atoms with van der Waals surface area (Å²) in [5.41, 5.74) is 4.64. The van der Waals surface area contributed by atoms with Gasteiger partial charge in [0.2, 0.25) is 0 Å². The van der Waals surface area contributed by atoms with Gasteiger partial charge in [0, 0.05) is 19.3 Å². The molecule has 1 aromatic carbocycles. The molecule has 11 heteroatoms. The average Bonchev–Trinajstić information content (AvgIpc) is 2.68. The summed E-state index contributed by atoms with van der Waals surface area (Å²) in [6.45, 7) is 3.15. The van der Waals surface area contributed by atoms with Crippen molar-refractivity contribution in [1.29, 1.82) is 0 Å². The van der Waals surface area contributed by atoms with E-state index in [-0.39, 0.29) is 30.8 Å². The lowest BCUT2D eigenvalue weighted by Gasteiger charge is -2.28. The first kappa shape index (κ1) is 24.7. The van der Waals surface area contributed by atoms with E-state index < -0.39 is 35.9 Å². The maximum atomic E-state index is 11.8. The fourth-order valence-corrected chi connectivity index (χ4v) is 2.55. The number of aliphatic carboxylic acids is 1. The van der Waals surface area contributed by atoms with Gasteiger partial charge in [0.15, 0.2) is 11.5 Å². The van der Waals surface area contributed by atoms with E-state index >= 15 is 0 Å². The SMILES string of the molecule is CCC(=O)O[C@@H](C)CC(N)(Cc1ccc(OC(=O)OC)c(OC(=O)OC)c1)C(=O)O. The highest BCUT2D eigenvalue weighted by Crippen LogP contribution is 2.31. The summed E-state index contributed by atoms with van der Waals surface area (Å²) in [4.78, 5) is 46.1. The monoisotopic (exact) mass is 427 g/mol. The number of ether oxygens (including phenoxy) is 5. The third-order valence-corrected chi connectivity index (χ3v) is 3.95. The van der Waals surface area contributed by atoms with Crippen LogP contribution < -0.4 is 15.2 Å². The van der Waals surface area contributed by atoms with Crippen LogP contribution in [0.5, 0.6) is 11.5 Å². The number of carboxylic acids is 1. The molecular weight excluding hydrogens is 402 g/mol. The van der Waals surface area contributed by atoms with Crippen molar-refractivity contribution in [1.82, 2.24) is 0 Å². The molecule has 0 saturated heterocycles. The molecule has 1 rings (SSSR count). The van der Waals surface area contributed by atoms with Crippen molar-refractivity contribution in [3.05, 3.63) is 23.8 Å². The molecule has 0 aromatic heterocycles. The van der Waals surface area contributed by atoms with Gasteiger partial charge in [0.25, 0.3) is 0 Å². The van der Waals surface area contributed by atoms with Gasteiger partial charge in [0.05, 0.1) is 14.2 Å². The van der Waals surface area contributed by atoms with Crippen LogP contribution in [0.4, 0.5) is 9.59 Å². The van der Waals surface area contributed by atoms with E-state index in [9.17, 15) is 24.3 Å². The second-order valence-corrected chi connectivity index (χ2v) is 6.39. The Labute approximate surface area is 173 Å². The first-order chi connectivity index (χ1) is 14.0. The Morgan fingerprint density at radius 2 is 1.63 bits per heavy atom. The maximum absolute atomic E-state index is 11.8. The quantitative estimate of drug-likeness (QED) is 0.337. The molecule has 11 nitrogen and oxygen atoms in total. The Morgan fingerprint density at radius 3 is 2.13 bits per heavy atom. The van der Waals surface area contributed by atoms with Gasteiger partial charge < -0.3 is 34.5 Å². The van der Waals surface area contributed by atoms with E-state index in [4.69, 9.17) is 19.9 Å². The number of carbonyl (C=O) groups is 4. The molecule has 0 fully saturated rings. The zero-order valence-corrected chi connectivity index (χ0v) is 17.1. The van der Waals surface area contributed by atoms with Gasteiger partial charge in [-0.05, 0) is 24.6 Å². The predicted octanol–water partition coefficient (Wildman–Crippen LogP) is 2.03. The van der Waals surface area contributed by atoms with Gasteiger partial charge in [0.1, 0.15) is 11.6 Å². The summed E-state index contributed by atoms with van der Waals surface area (Å²) in [5, 5.41) is 9.64. The Morgan fingerprint density at radius 1 is 1.07 bits per heavy atom. The van der Waals surface area contributed by atoms with Gasteiger partial charge in [-0.25, -0.2) is 9.59 Å². The average molecular weight is 427 g/mol. The van der Waals surface area contributed by atoms with E-state index in [1.165, 1.54) is 25.1 Å². The van der Waals surface area contributed by atoms with Crippen molar-refractivity contribution in [3.63, 3.8) is 0 Å². The van der Waals surface area contributed by atoms with Crippen LogP contribution in [0.15, 0.2) is 18.2 Å². The highest BCUT2D eigenvalue weighted by molar-refractivity contribution is 5.79. The van der Waals surface area contributed by atoms with Crippen molar-refractivity contribution in [2.75, 3.05) is 14.2 Å². The Hall–Kier alpha value is -3.34. The number of hydrogen-bond acceptors (Lipinski definition) is 10. The van der Waals surface area contributed by atoms with Crippen LogP contribution in [0, 0.1) is 0 Å². The van der Waals surface area contributed by atoms with Gasteiger partial charge in [-0.2, -0.15) is 0 Å². The van der Waals surface area contributed by atoms with Crippen molar-refractivity contribution in [2.45, 2.75) is 44.8 Å². The molecule has 0 heterocycles. The van der Waals surface area contributed by atoms with Crippen molar-refractivity contribution < 1.29 is 48.0 Å². The topological polar surface area (TPSA) is 161 Å². The third kappa shape index (κ3) is 7.24. The van der Waals surface area contributed by atoms with Gasteiger partial charge in [-0.3, -0.25) is 9.59 Å². The molecule has 0 aliphatic rings. The number of methoxy groups -OCH3 is 2. The summed E-state index contributed by atoms with van der Waals surface area (Å²) in [5.74, 6) is -2.15.